The van der Waals surface area contributed by atoms with E-state index in [1.165, 1.54) is 25.0 Å². The van der Waals surface area contributed by atoms with E-state index in [4.69, 9.17) is 17.3 Å². The minimum atomic E-state index is -0.618. The Hall–Kier alpha value is -1.30. The lowest BCUT2D eigenvalue weighted by Gasteiger charge is -2.08. The lowest BCUT2D eigenvalue weighted by molar-refractivity contribution is -0.115. The predicted molar refractivity (Wildman–Crippen MR) is 81.4 cm³/mol. The largest absolute Gasteiger partial charge is 0.366 e. The molecule has 0 spiro atoms. The number of benzene rings is 1. The molecular formula is C13H17Cl2N3O2. The second-order valence-electron chi connectivity index (χ2n) is 4.68. The zero-order valence-corrected chi connectivity index (χ0v) is 12.4. The lowest BCUT2D eigenvalue weighted by Crippen LogP contribution is -2.29. The lowest BCUT2D eigenvalue weighted by atomic mass is 10.2. The number of carbonyl (C=O) groups is 2. The highest BCUT2D eigenvalue weighted by Crippen LogP contribution is 2.27. The molecule has 4 N–H and O–H groups in total. The molecule has 1 aromatic rings. The summed E-state index contributed by atoms with van der Waals surface area (Å²) in [6.45, 7) is 1.13. The van der Waals surface area contributed by atoms with Crippen LogP contribution in [0.5, 0.6) is 0 Å². The molecule has 2 rings (SSSR count). The summed E-state index contributed by atoms with van der Waals surface area (Å²) in [5.41, 5.74) is 5.90. The van der Waals surface area contributed by atoms with Gasteiger partial charge in [0.05, 0.1) is 17.1 Å². The van der Waals surface area contributed by atoms with Gasteiger partial charge < -0.3 is 16.4 Å². The molecule has 0 radical (unpaired) electrons. The van der Waals surface area contributed by atoms with Crippen LogP contribution < -0.4 is 16.4 Å². The third-order valence-corrected chi connectivity index (χ3v) is 3.26. The summed E-state index contributed by atoms with van der Waals surface area (Å²) in [5.74, 6) is -0.0452. The first-order valence-electron chi connectivity index (χ1n) is 6.16. The van der Waals surface area contributed by atoms with Crippen molar-refractivity contribution in [3.63, 3.8) is 0 Å². The third kappa shape index (κ3) is 5.00. The van der Waals surface area contributed by atoms with Crippen molar-refractivity contribution >= 4 is 41.5 Å². The van der Waals surface area contributed by atoms with Gasteiger partial charge in [-0.25, -0.2) is 0 Å². The molecule has 0 saturated heterocycles. The van der Waals surface area contributed by atoms with Crippen LogP contribution >= 0.6 is 24.0 Å². The van der Waals surface area contributed by atoms with E-state index in [1.54, 1.807) is 6.07 Å². The van der Waals surface area contributed by atoms with E-state index in [0.29, 0.717) is 5.69 Å². The second kappa shape index (κ2) is 7.47. The number of halogens is 2. The normalized spacial score (nSPS) is 13.4. The van der Waals surface area contributed by atoms with Gasteiger partial charge in [0.2, 0.25) is 11.8 Å². The van der Waals surface area contributed by atoms with Gasteiger partial charge >= 0.3 is 0 Å². The van der Waals surface area contributed by atoms with Crippen molar-refractivity contribution in [2.24, 2.45) is 11.7 Å². The molecule has 20 heavy (non-hydrogen) atoms. The van der Waals surface area contributed by atoms with Crippen molar-refractivity contribution in [3.8, 4) is 0 Å². The van der Waals surface area contributed by atoms with Crippen LogP contribution in [0.4, 0.5) is 5.69 Å². The van der Waals surface area contributed by atoms with Gasteiger partial charge in [-0.3, -0.25) is 9.59 Å². The SMILES string of the molecule is Cl.NC(=O)c1cc(NC(=O)CNCC2CC2)ccc1Cl. The summed E-state index contributed by atoms with van der Waals surface area (Å²) in [6.07, 6.45) is 2.49. The Morgan fingerprint density at radius 3 is 2.65 bits per heavy atom. The van der Waals surface area contributed by atoms with Crippen molar-refractivity contribution in [2.45, 2.75) is 12.8 Å². The van der Waals surface area contributed by atoms with Crippen LogP contribution in [-0.2, 0) is 4.79 Å². The van der Waals surface area contributed by atoms with Crippen molar-refractivity contribution in [1.29, 1.82) is 0 Å². The summed E-state index contributed by atoms with van der Waals surface area (Å²) in [6, 6.07) is 4.64. The summed E-state index contributed by atoms with van der Waals surface area (Å²) < 4.78 is 0. The van der Waals surface area contributed by atoms with Crippen LogP contribution in [-0.4, -0.2) is 24.9 Å². The van der Waals surface area contributed by atoms with Gasteiger partial charge in [-0.2, -0.15) is 0 Å². The second-order valence-corrected chi connectivity index (χ2v) is 5.09. The Morgan fingerprint density at radius 1 is 1.35 bits per heavy atom. The average Bonchev–Trinajstić information content (AvgIpc) is 3.15. The molecule has 7 heteroatoms. The van der Waals surface area contributed by atoms with Crippen molar-refractivity contribution in [3.05, 3.63) is 28.8 Å². The Kier molecular flexibility index (Phi) is 6.26. The van der Waals surface area contributed by atoms with Crippen molar-refractivity contribution in [2.75, 3.05) is 18.4 Å². The number of nitrogens with two attached hydrogens (primary N) is 1. The molecular weight excluding hydrogens is 301 g/mol. The van der Waals surface area contributed by atoms with Crippen LogP contribution in [0.25, 0.3) is 0 Å². The number of hydrogen-bond acceptors (Lipinski definition) is 3. The molecule has 0 heterocycles. The van der Waals surface area contributed by atoms with Gasteiger partial charge in [-0.1, -0.05) is 11.6 Å². The maximum Gasteiger partial charge on any atom is 0.250 e. The van der Waals surface area contributed by atoms with Crippen LogP contribution in [0.2, 0.25) is 5.02 Å². The van der Waals surface area contributed by atoms with Crippen LogP contribution in [0.15, 0.2) is 18.2 Å². The van der Waals surface area contributed by atoms with Crippen molar-refractivity contribution in [1.82, 2.24) is 5.32 Å². The maximum absolute atomic E-state index is 11.7. The molecule has 0 aliphatic heterocycles. The van der Waals surface area contributed by atoms with Crippen LogP contribution in [0.3, 0.4) is 0 Å². The van der Waals surface area contributed by atoms with Crippen LogP contribution in [0.1, 0.15) is 23.2 Å². The number of carbonyl (C=O) groups excluding carboxylic acids is 2. The Morgan fingerprint density at radius 2 is 2.05 bits per heavy atom. The number of hydrogen-bond donors (Lipinski definition) is 3. The summed E-state index contributed by atoms with van der Waals surface area (Å²) in [5, 5.41) is 6.05. The van der Waals surface area contributed by atoms with E-state index in [2.05, 4.69) is 10.6 Å². The molecule has 1 fully saturated rings. The van der Waals surface area contributed by atoms with E-state index in [-0.39, 0.29) is 35.4 Å². The highest BCUT2D eigenvalue weighted by atomic mass is 35.5. The minimum Gasteiger partial charge on any atom is -0.366 e. The van der Waals surface area contributed by atoms with E-state index >= 15 is 0 Å². The minimum absolute atomic E-state index is 0. The fraction of sp³-hybridized carbons (Fsp3) is 0.385. The highest BCUT2D eigenvalue weighted by Gasteiger charge is 2.20. The topological polar surface area (TPSA) is 84.2 Å². The highest BCUT2D eigenvalue weighted by molar-refractivity contribution is 6.33. The van der Waals surface area contributed by atoms with E-state index < -0.39 is 5.91 Å². The molecule has 2 amide bonds. The van der Waals surface area contributed by atoms with E-state index in [1.807, 2.05) is 0 Å². The van der Waals surface area contributed by atoms with E-state index in [0.717, 1.165) is 12.5 Å². The average molecular weight is 318 g/mol. The van der Waals surface area contributed by atoms with Gasteiger partial charge in [0, 0.05) is 5.69 Å². The first-order chi connectivity index (χ1) is 9.06. The molecule has 0 atom stereocenters. The van der Waals surface area contributed by atoms with Crippen LogP contribution in [0, 0.1) is 5.92 Å². The quantitative estimate of drug-likeness (QED) is 0.748. The number of amides is 2. The molecule has 1 aromatic carbocycles. The van der Waals surface area contributed by atoms with Gasteiger partial charge in [0.15, 0.2) is 0 Å². The van der Waals surface area contributed by atoms with Gasteiger partial charge in [0.1, 0.15) is 0 Å². The predicted octanol–water partition coefficient (Wildman–Crippen LogP) is 1.80. The molecule has 0 bridgehead atoms. The molecule has 110 valence electrons. The first kappa shape index (κ1) is 16.8. The fourth-order valence-corrected chi connectivity index (χ4v) is 1.92. The first-order valence-corrected chi connectivity index (χ1v) is 6.54. The summed E-state index contributed by atoms with van der Waals surface area (Å²) >= 11 is 5.83. The Balaban J connectivity index is 0.00000200. The molecule has 5 nitrogen and oxygen atoms in total. The van der Waals surface area contributed by atoms with Gasteiger partial charge in [-0.15, -0.1) is 12.4 Å². The Bertz CT molecular complexity index is 504. The standard InChI is InChI=1S/C13H16ClN3O2.ClH/c14-11-4-3-9(5-10(11)13(15)19)17-12(18)7-16-6-8-1-2-8;/h3-5,8,16H,1-2,6-7H2,(H2,15,19)(H,17,18);1H. The smallest absolute Gasteiger partial charge is 0.250 e. The van der Waals surface area contributed by atoms with E-state index in [9.17, 15) is 9.59 Å². The monoisotopic (exact) mass is 317 g/mol. The molecule has 0 unspecified atom stereocenters. The number of nitrogens with one attached hydrogen (secondary N) is 2. The third-order valence-electron chi connectivity index (χ3n) is 2.93. The zero-order valence-electron chi connectivity index (χ0n) is 10.8. The zero-order chi connectivity index (χ0) is 13.8. The number of primary amides is 1. The Labute approximate surface area is 128 Å². The maximum atomic E-state index is 11.7. The molecule has 1 saturated carbocycles. The molecule has 1 aliphatic rings. The number of rotatable bonds is 6. The summed E-state index contributed by atoms with van der Waals surface area (Å²) in [7, 11) is 0. The molecule has 0 aromatic heterocycles. The van der Waals surface area contributed by atoms with Gasteiger partial charge in [0.25, 0.3) is 0 Å². The molecule has 1 aliphatic carbocycles. The van der Waals surface area contributed by atoms with Crippen molar-refractivity contribution < 1.29 is 9.59 Å². The fourth-order valence-electron chi connectivity index (χ4n) is 1.71. The van der Waals surface area contributed by atoms with Gasteiger partial charge in [-0.05, 0) is 43.5 Å². The summed E-state index contributed by atoms with van der Waals surface area (Å²) in [4.78, 5) is 22.8. The number of anilines is 1.